The average Bonchev–Trinajstić information content (AvgIpc) is 3.26. The molecule has 0 unspecified atom stereocenters. The summed E-state index contributed by atoms with van der Waals surface area (Å²) in [6.45, 7) is 4.61. The lowest BCUT2D eigenvalue weighted by Gasteiger charge is -2.08. The Kier molecular flexibility index (Phi) is 5.51. The van der Waals surface area contributed by atoms with E-state index in [1.807, 2.05) is 79.3 Å². The van der Waals surface area contributed by atoms with Crippen LogP contribution in [0.25, 0.3) is 23.0 Å². The molecule has 3 aromatic rings. The summed E-state index contributed by atoms with van der Waals surface area (Å²) in [4.78, 5) is 12.7. The minimum absolute atomic E-state index is 0.179. The molecular weight excluding hydrogens is 402 g/mol. The summed E-state index contributed by atoms with van der Waals surface area (Å²) >= 11 is 6.38. The Balaban J connectivity index is 1.84. The number of rotatable bonds is 5. The first kappa shape index (κ1) is 19.4. The molecule has 1 aliphatic heterocycles. The molecule has 5 nitrogen and oxygen atoms in total. The molecule has 4 rings (SSSR count). The number of nitrogens with one attached hydrogen (secondary N) is 1. The molecule has 1 amide bonds. The lowest BCUT2D eigenvalue weighted by Crippen LogP contribution is -2.17. The number of hydrogen-bond donors (Lipinski definition) is 1. The molecule has 0 spiro atoms. The first-order valence-corrected chi connectivity index (χ1v) is 10.4. The molecule has 0 radical (unpaired) electrons. The van der Waals surface area contributed by atoms with Gasteiger partial charge in [-0.25, -0.2) is 4.68 Å². The van der Waals surface area contributed by atoms with Crippen molar-refractivity contribution in [2.45, 2.75) is 13.8 Å². The average molecular weight is 422 g/mol. The van der Waals surface area contributed by atoms with Crippen LogP contribution in [0, 0.1) is 6.92 Å². The summed E-state index contributed by atoms with van der Waals surface area (Å²) in [5, 5.41) is 7.49. The van der Waals surface area contributed by atoms with Crippen LogP contribution in [0.15, 0.2) is 59.6 Å². The highest BCUT2D eigenvalue weighted by molar-refractivity contribution is 8.26. The Morgan fingerprint density at radius 1 is 1.24 bits per heavy atom. The Morgan fingerprint density at radius 2 is 2.03 bits per heavy atom. The second-order valence-corrected chi connectivity index (χ2v) is 8.19. The second kappa shape index (κ2) is 8.23. The van der Waals surface area contributed by atoms with E-state index >= 15 is 0 Å². The Bertz CT molecular complexity index is 1120. The summed E-state index contributed by atoms with van der Waals surface area (Å²) < 4.78 is 7.90. The third kappa shape index (κ3) is 4.11. The Labute approximate surface area is 178 Å². The van der Waals surface area contributed by atoms with Crippen LogP contribution < -0.4 is 10.1 Å². The smallest absolute Gasteiger partial charge is 0.263 e. The van der Waals surface area contributed by atoms with E-state index in [0.29, 0.717) is 15.8 Å². The van der Waals surface area contributed by atoms with Gasteiger partial charge < -0.3 is 10.1 Å². The van der Waals surface area contributed by atoms with Gasteiger partial charge in [0.25, 0.3) is 5.91 Å². The largest absolute Gasteiger partial charge is 0.494 e. The topological polar surface area (TPSA) is 56.1 Å². The number of thiocarbonyl (C=S) groups is 1. The standard InChI is InChI=1S/C22H19N3O2S2/c1-3-27-17-9-10-18(14(2)11-17)20-15(12-19-21(26)23-22(28)29-19)13-25(24-20)16-7-5-4-6-8-16/h4-13H,3H2,1-2H3,(H,23,26,28). The van der Waals surface area contributed by atoms with E-state index in [0.717, 1.165) is 33.8 Å². The van der Waals surface area contributed by atoms with Crippen LogP contribution in [-0.2, 0) is 4.79 Å². The summed E-state index contributed by atoms with van der Waals surface area (Å²) in [5.74, 6) is 0.647. The highest BCUT2D eigenvalue weighted by atomic mass is 32.2. The van der Waals surface area contributed by atoms with Crippen LogP contribution >= 0.6 is 24.0 Å². The molecule has 1 N–H and O–H groups in total. The number of carbonyl (C=O) groups excluding carboxylic acids is 1. The number of hydrogen-bond acceptors (Lipinski definition) is 5. The van der Waals surface area contributed by atoms with Gasteiger partial charge in [0, 0.05) is 17.3 Å². The van der Waals surface area contributed by atoms with Gasteiger partial charge in [-0.3, -0.25) is 4.79 Å². The molecule has 0 atom stereocenters. The third-order valence-electron chi connectivity index (χ3n) is 4.46. The Hall–Kier alpha value is -2.90. The predicted molar refractivity (Wildman–Crippen MR) is 121 cm³/mol. The summed E-state index contributed by atoms with van der Waals surface area (Å²) in [6.07, 6.45) is 3.78. The molecule has 29 heavy (non-hydrogen) atoms. The molecule has 1 fully saturated rings. The highest BCUT2D eigenvalue weighted by Crippen LogP contribution is 2.33. The van der Waals surface area contributed by atoms with Crippen molar-refractivity contribution in [1.29, 1.82) is 0 Å². The number of benzene rings is 2. The number of nitrogens with zero attached hydrogens (tertiary/aromatic N) is 2. The van der Waals surface area contributed by atoms with Crippen molar-refractivity contribution < 1.29 is 9.53 Å². The molecule has 2 heterocycles. The fourth-order valence-corrected chi connectivity index (χ4v) is 4.17. The van der Waals surface area contributed by atoms with Gasteiger partial charge in [-0.15, -0.1) is 0 Å². The first-order valence-electron chi connectivity index (χ1n) is 9.19. The lowest BCUT2D eigenvalue weighted by atomic mass is 10.0. The molecule has 1 aliphatic rings. The molecule has 146 valence electrons. The molecule has 7 heteroatoms. The third-order valence-corrected chi connectivity index (χ3v) is 5.62. The second-order valence-electron chi connectivity index (χ2n) is 6.48. The molecule has 0 aliphatic carbocycles. The van der Waals surface area contributed by atoms with Crippen molar-refractivity contribution in [3.05, 3.63) is 70.8 Å². The fourth-order valence-electron chi connectivity index (χ4n) is 3.14. The van der Waals surface area contributed by atoms with Gasteiger partial charge in [-0.2, -0.15) is 5.10 Å². The van der Waals surface area contributed by atoms with Gasteiger partial charge in [-0.05, 0) is 55.8 Å². The zero-order chi connectivity index (χ0) is 20.4. The number of carbonyl (C=O) groups is 1. The van der Waals surface area contributed by atoms with E-state index in [2.05, 4.69) is 5.32 Å². The summed E-state index contributed by atoms with van der Waals surface area (Å²) in [7, 11) is 0. The quantitative estimate of drug-likeness (QED) is 0.477. The molecular formula is C22H19N3O2S2. The Morgan fingerprint density at radius 3 is 2.69 bits per heavy atom. The van der Waals surface area contributed by atoms with Crippen LogP contribution in [0.2, 0.25) is 0 Å². The SMILES string of the molecule is CCOc1ccc(-c2nn(-c3ccccc3)cc2C=C2SC(=S)NC2=O)c(C)c1. The van der Waals surface area contributed by atoms with Crippen molar-refractivity contribution in [1.82, 2.24) is 15.1 Å². The zero-order valence-corrected chi connectivity index (χ0v) is 17.6. The summed E-state index contributed by atoms with van der Waals surface area (Å²) in [6, 6.07) is 15.8. The maximum Gasteiger partial charge on any atom is 0.263 e. The van der Waals surface area contributed by atoms with E-state index in [1.54, 1.807) is 0 Å². The van der Waals surface area contributed by atoms with Crippen LogP contribution in [-0.4, -0.2) is 26.6 Å². The predicted octanol–water partition coefficient (Wildman–Crippen LogP) is 4.74. The normalized spacial score (nSPS) is 15.0. The fraction of sp³-hybridized carbons (Fsp3) is 0.136. The van der Waals surface area contributed by atoms with Crippen molar-refractivity contribution in [2.75, 3.05) is 6.61 Å². The molecule has 0 bridgehead atoms. The number of para-hydroxylation sites is 1. The van der Waals surface area contributed by atoms with Gasteiger partial charge in [0.2, 0.25) is 0 Å². The zero-order valence-electron chi connectivity index (χ0n) is 16.0. The molecule has 1 saturated heterocycles. The summed E-state index contributed by atoms with van der Waals surface area (Å²) in [5.41, 5.74) is 4.63. The minimum atomic E-state index is -0.179. The van der Waals surface area contributed by atoms with Crippen molar-refractivity contribution in [3.63, 3.8) is 0 Å². The highest BCUT2D eigenvalue weighted by Gasteiger charge is 2.23. The number of aryl methyl sites for hydroxylation is 1. The molecule has 1 aromatic heterocycles. The van der Waals surface area contributed by atoms with Crippen molar-refractivity contribution in [2.24, 2.45) is 0 Å². The van der Waals surface area contributed by atoms with E-state index in [1.165, 1.54) is 11.8 Å². The van der Waals surface area contributed by atoms with E-state index < -0.39 is 0 Å². The number of ether oxygens (including phenoxy) is 1. The number of aromatic nitrogens is 2. The van der Waals surface area contributed by atoms with Crippen LogP contribution in [0.4, 0.5) is 0 Å². The monoisotopic (exact) mass is 421 g/mol. The number of amides is 1. The lowest BCUT2D eigenvalue weighted by molar-refractivity contribution is -0.115. The molecule has 0 saturated carbocycles. The van der Waals surface area contributed by atoms with Crippen LogP contribution in [0.1, 0.15) is 18.1 Å². The van der Waals surface area contributed by atoms with E-state index in [-0.39, 0.29) is 5.91 Å². The van der Waals surface area contributed by atoms with Gasteiger partial charge in [-0.1, -0.05) is 42.2 Å². The van der Waals surface area contributed by atoms with E-state index in [9.17, 15) is 4.79 Å². The van der Waals surface area contributed by atoms with Gasteiger partial charge >= 0.3 is 0 Å². The van der Waals surface area contributed by atoms with Crippen molar-refractivity contribution in [3.8, 4) is 22.7 Å². The molecule has 2 aromatic carbocycles. The van der Waals surface area contributed by atoms with Gasteiger partial charge in [0.1, 0.15) is 15.8 Å². The van der Waals surface area contributed by atoms with E-state index in [4.69, 9.17) is 22.1 Å². The maximum atomic E-state index is 12.2. The van der Waals surface area contributed by atoms with Gasteiger partial charge in [0.05, 0.1) is 17.2 Å². The number of thioether (sulfide) groups is 1. The maximum absolute atomic E-state index is 12.2. The van der Waals surface area contributed by atoms with Crippen molar-refractivity contribution >= 4 is 40.3 Å². The van der Waals surface area contributed by atoms with Crippen LogP contribution in [0.5, 0.6) is 5.75 Å². The van der Waals surface area contributed by atoms with Crippen LogP contribution in [0.3, 0.4) is 0 Å². The first-order chi connectivity index (χ1) is 14.0. The minimum Gasteiger partial charge on any atom is -0.494 e. The van der Waals surface area contributed by atoms with Gasteiger partial charge in [0.15, 0.2) is 0 Å².